The van der Waals surface area contributed by atoms with E-state index in [4.69, 9.17) is 21.3 Å². The number of anilines is 4. The number of rotatable bonds is 11. The Bertz CT molecular complexity index is 2680. The quantitative estimate of drug-likeness (QED) is 0.180. The highest BCUT2D eigenvalue weighted by Gasteiger charge is 2.63. The number of likely N-dealkylation sites (N-methyl/N-ethyl adjacent to an activating group) is 1. The molecule has 4 aromatic rings. The van der Waals surface area contributed by atoms with Gasteiger partial charge in [0.05, 0.1) is 40.5 Å². The number of alkyl halides is 2. The second kappa shape index (κ2) is 17.0. The van der Waals surface area contributed by atoms with Crippen LogP contribution in [0.25, 0.3) is 10.9 Å². The summed E-state index contributed by atoms with van der Waals surface area (Å²) in [5, 5.41) is 8.97. The molecule has 0 bridgehead atoms. The number of nitrogens with one attached hydrogen (secondary N) is 3. The molecular formula is C45H49ClF2N10O7. The van der Waals surface area contributed by atoms with Crippen molar-refractivity contribution in [1.29, 1.82) is 0 Å². The van der Waals surface area contributed by atoms with E-state index in [1.54, 1.807) is 29.0 Å². The Morgan fingerprint density at radius 2 is 1.75 bits per heavy atom. The third kappa shape index (κ3) is 8.02. The number of halogens is 3. The Hall–Kier alpha value is -6.21. The molecule has 4 fully saturated rings. The monoisotopic (exact) mass is 914 g/mol. The molecule has 342 valence electrons. The molecular weight excluding hydrogens is 866 g/mol. The van der Waals surface area contributed by atoms with Gasteiger partial charge >= 0.3 is 0 Å². The van der Waals surface area contributed by atoms with Gasteiger partial charge in [-0.2, -0.15) is 4.98 Å². The van der Waals surface area contributed by atoms with Crippen molar-refractivity contribution in [3.05, 3.63) is 75.2 Å². The highest BCUT2D eigenvalue weighted by molar-refractivity contribution is 6.33. The molecule has 17 nitrogen and oxygen atoms in total. The van der Waals surface area contributed by atoms with Crippen molar-refractivity contribution >= 4 is 75.2 Å². The van der Waals surface area contributed by atoms with E-state index in [0.29, 0.717) is 53.0 Å². The first kappa shape index (κ1) is 44.0. The molecule has 2 aromatic carbocycles. The van der Waals surface area contributed by atoms with Gasteiger partial charge in [0.25, 0.3) is 29.2 Å². The number of pyridine rings is 1. The first-order valence-electron chi connectivity index (χ1n) is 21.8. The lowest BCUT2D eigenvalue weighted by Crippen LogP contribution is -2.70. The van der Waals surface area contributed by atoms with Crippen LogP contribution in [0.2, 0.25) is 5.02 Å². The fourth-order valence-electron chi connectivity index (χ4n) is 9.96. The molecule has 3 N–H and O–H groups in total. The van der Waals surface area contributed by atoms with Crippen molar-refractivity contribution in [3.8, 4) is 5.75 Å². The van der Waals surface area contributed by atoms with Crippen molar-refractivity contribution < 1.29 is 37.5 Å². The lowest BCUT2D eigenvalue weighted by molar-refractivity contribution is -0.200. The van der Waals surface area contributed by atoms with Gasteiger partial charge in [-0.3, -0.25) is 39.0 Å². The van der Waals surface area contributed by atoms with Gasteiger partial charge in [-0.05, 0) is 81.8 Å². The first-order chi connectivity index (χ1) is 31.1. The van der Waals surface area contributed by atoms with Crippen LogP contribution >= 0.6 is 11.6 Å². The van der Waals surface area contributed by atoms with Crippen LogP contribution in [-0.4, -0.2) is 125 Å². The van der Waals surface area contributed by atoms with E-state index in [0.717, 1.165) is 17.7 Å². The van der Waals surface area contributed by atoms with E-state index < -0.39 is 47.6 Å². The molecule has 5 aliphatic rings. The summed E-state index contributed by atoms with van der Waals surface area (Å²) in [5.41, 5.74) is 0.128. The van der Waals surface area contributed by atoms with Gasteiger partial charge in [0, 0.05) is 69.9 Å². The van der Waals surface area contributed by atoms with E-state index in [9.17, 15) is 28.8 Å². The van der Waals surface area contributed by atoms with Crippen LogP contribution in [0.3, 0.4) is 0 Å². The Balaban J connectivity index is 0.802. The highest BCUT2D eigenvalue weighted by Crippen LogP contribution is 2.52. The number of piperidine rings is 3. The van der Waals surface area contributed by atoms with Crippen molar-refractivity contribution in [2.75, 3.05) is 74.6 Å². The maximum atomic E-state index is 16.2. The van der Waals surface area contributed by atoms with Crippen molar-refractivity contribution in [3.63, 3.8) is 0 Å². The van der Waals surface area contributed by atoms with Gasteiger partial charge in [0.15, 0.2) is 18.2 Å². The fraction of sp³-hybridized carbons (Fsp3) is 0.467. The molecule has 9 rings (SSSR count). The fourth-order valence-corrected chi connectivity index (χ4v) is 10.1. The molecule has 1 unspecified atom stereocenters. The second-order valence-corrected chi connectivity index (χ2v) is 18.3. The molecule has 7 heterocycles. The number of fused-ring (bicyclic) bond motifs is 2. The SMILES string of the molecule is CNC(=O)COc1cc2cc(Nc3nc(N4CCC(CN5CC6(CCN(c7cccc8c7C(=O)N(C7CCC(=O)NC7=O)C8=O)CC6(F)F)C5)CC4)ncc3Cl)ccc2n(C(C)C)c1=O. The number of likely N-dealkylation sites (tertiary alicyclic amines) is 1. The molecule has 20 heteroatoms. The van der Waals surface area contributed by atoms with Gasteiger partial charge in [0.2, 0.25) is 17.8 Å². The average molecular weight is 915 g/mol. The molecule has 2 aromatic heterocycles. The summed E-state index contributed by atoms with van der Waals surface area (Å²) in [6.45, 7) is 5.69. The smallest absolute Gasteiger partial charge is 0.293 e. The van der Waals surface area contributed by atoms with Crippen molar-refractivity contribution in [2.45, 2.75) is 64.0 Å². The minimum atomic E-state index is -3.07. The number of carbonyl (C=O) groups excluding carboxylic acids is 5. The summed E-state index contributed by atoms with van der Waals surface area (Å²) in [7, 11) is 1.49. The van der Waals surface area contributed by atoms with Gasteiger partial charge in [-0.25, -0.2) is 13.8 Å². The molecule has 0 saturated carbocycles. The summed E-state index contributed by atoms with van der Waals surface area (Å²) < 4.78 is 39.7. The van der Waals surface area contributed by atoms with E-state index in [2.05, 4.69) is 30.7 Å². The molecule has 0 radical (unpaired) electrons. The van der Waals surface area contributed by atoms with Gasteiger partial charge < -0.3 is 34.6 Å². The van der Waals surface area contributed by atoms with Gasteiger partial charge in [0.1, 0.15) is 11.1 Å². The van der Waals surface area contributed by atoms with Crippen LogP contribution in [0.1, 0.15) is 72.7 Å². The molecule has 5 aliphatic heterocycles. The zero-order chi connectivity index (χ0) is 45.9. The number of aromatic nitrogens is 3. The maximum absolute atomic E-state index is 16.2. The zero-order valence-corrected chi connectivity index (χ0v) is 36.9. The predicted molar refractivity (Wildman–Crippen MR) is 237 cm³/mol. The summed E-state index contributed by atoms with van der Waals surface area (Å²) in [6.07, 6.45) is 3.37. The Kier molecular flexibility index (Phi) is 11.5. The number of ether oxygens (including phenoxy) is 1. The summed E-state index contributed by atoms with van der Waals surface area (Å²) in [5.74, 6) is -4.79. The molecule has 65 heavy (non-hydrogen) atoms. The number of benzene rings is 2. The Morgan fingerprint density at radius 3 is 2.46 bits per heavy atom. The molecule has 5 amide bonds. The van der Waals surface area contributed by atoms with Crippen LogP contribution in [0.5, 0.6) is 5.75 Å². The molecule has 0 aliphatic carbocycles. The molecule has 4 saturated heterocycles. The number of hydrogen-bond acceptors (Lipinski definition) is 13. The van der Waals surface area contributed by atoms with Crippen LogP contribution in [0.15, 0.2) is 53.5 Å². The second-order valence-electron chi connectivity index (χ2n) is 17.9. The summed E-state index contributed by atoms with van der Waals surface area (Å²) in [4.78, 5) is 92.3. The van der Waals surface area contributed by atoms with Gasteiger partial charge in [-0.1, -0.05) is 17.7 Å². The summed E-state index contributed by atoms with van der Waals surface area (Å²) in [6, 6.07) is 10.4. The number of carbonyl (C=O) groups is 5. The largest absolute Gasteiger partial charge is 0.478 e. The first-order valence-corrected chi connectivity index (χ1v) is 22.2. The number of imide groups is 2. The number of hydrogen-bond donors (Lipinski definition) is 3. The van der Waals surface area contributed by atoms with E-state index in [1.807, 2.05) is 32.0 Å². The normalized spacial score (nSPS) is 20.9. The zero-order valence-electron chi connectivity index (χ0n) is 36.2. The summed E-state index contributed by atoms with van der Waals surface area (Å²) >= 11 is 6.58. The Labute approximate surface area is 377 Å². The van der Waals surface area contributed by atoms with Crippen LogP contribution in [-0.2, 0) is 14.4 Å². The standard InChI is InChI=1S/C45H49ClF2N10O7/c1-25(2)57-31-8-7-28(17-27(31)18-34(41(57)63)65-21-36(60)49-3)51-38-30(46)19-50-43(53-38)55-14-11-26(12-15-55)20-54-22-44(23-54)13-16-56(24-45(44,47)48)32-6-4-5-29-37(32)42(64)58(40(29)62)33-9-10-35(59)52-39(33)61/h4-8,17-19,25-26,33H,9-16,20-24H2,1-3H3,(H,49,60)(H,50,51,53)(H,52,59,61). The predicted octanol–water partition coefficient (Wildman–Crippen LogP) is 4.36. The Morgan fingerprint density at radius 1 is 0.985 bits per heavy atom. The topological polar surface area (TPSA) is 191 Å². The lowest BCUT2D eigenvalue weighted by atomic mass is 9.68. The number of nitrogens with zero attached hydrogens (tertiary/aromatic N) is 7. The third-order valence-corrected chi connectivity index (χ3v) is 13.7. The van der Waals surface area contributed by atoms with Crippen molar-refractivity contribution in [1.82, 2.24) is 35.0 Å². The van der Waals surface area contributed by atoms with E-state index in [-0.39, 0.29) is 91.5 Å². The minimum Gasteiger partial charge on any atom is -0.478 e. The van der Waals surface area contributed by atoms with Crippen LogP contribution in [0.4, 0.5) is 31.9 Å². The maximum Gasteiger partial charge on any atom is 0.293 e. The van der Waals surface area contributed by atoms with E-state index >= 15 is 8.78 Å². The third-order valence-electron chi connectivity index (χ3n) is 13.4. The van der Waals surface area contributed by atoms with Gasteiger partial charge in [-0.15, -0.1) is 0 Å². The molecule has 1 atom stereocenters. The highest BCUT2D eigenvalue weighted by atomic mass is 35.5. The minimum absolute atomic E-state index is 0.00406. The lowest BCUT2D eigenvalue weighted by Gasteiger charge is -2.58. The van der Waals surface area contributed by atoms with Crippen molar-refractivity contribution in [2.24, 2.45) is 11.3 Å². The van der Waals surface area contributed by atoms with E-state index in [1.165, 1.54) is 18.0 Å². The molecule has 1 spiro atoms. The van der Waals surface area contributed by atoms with Crippen LogP contribution in [0, 0.1) is 11.3 Å². The average Bonchev–Trinajstić information content (AvgIpc) is 3.52. The van der Waals surface area contributed by atoms with Crippen LogP contribution < -0.4 is 36.0 Å². The number of amides is 5.